The Hall–Kier alpha value is -2.28. The van der Waals surface area contributed by atoms with Crippen molar-refractivity contribution in [3.05, 3.63) is 0 Å². The second-order valence-electron chi connectivity index (χ2n) is 11.8. The second kappa shape index (κ2) is 17.0. The summed E-state index contributed by atoms with van der Waals surface area (Å²) in [6.45, 7) is -1.14. The number of aliphatic carboxylic acids is 1. The van der Waals surface area contributed by atoms with Crippen molar-refractivity contribution >= 4 is 28.2 Å². The zero-order valence-electron chi connectivity index (χ0n) is 26.3. The number of nitrogens with one attached hydrogen (secondary N) is 2. The molecule has 0 radical (unpaired) electrons. The molecule has 0 unspecified atom stereocenters. The smallest absolute Gasteiger partial charge is 0.397 e. The Kier molecular flexibility index (Phi) is 14.4. The van der Waals surface area contributed by atoms with Crippen LogP contribution >= 0.6 is 0 Å². The van der Waals surface area contributed by atoms with Crippen LogP contribution in [0.3, 0.4) is 0 Å². The third kappa shape index (κ3) is 9.77. The van der Waals surface area contributed by atoms with E-state index in [1.807, 2.05) is 0 Å². The molecule has 3 fully saturated rings. The van der Waals surface area contributed by atoms with Crippen LogP contribution in [0.1, 0.15) is 20.3 Å². The maximum Gasteiger partial charge on any atom is 0.397 e. The predicted molar refractivity (Wildman–Crippen MR) is 152 cm³/mol. The molecule has 3 saturated heterocycles. The maximum atomic E-state index is 12.5. The van der Waals surface area contributed by atoms with Crippen molar-refractivity contribution in [3.63, 3.8) is 0 Å². The third-order valence-corrected chi connectivity index (χ3v) is 8.54. The number of ether oxygens (including phenoxy) is 5. The standard InChI is InChI=1S/C25H42N2O22S/c1-7(30)26-13-9(32)3-25(24(39)40,48-21(13)15(34)10(33)4-28)44-6-12-16(35)20(14(22(38)45-12)27-8(2)31)47-23-18(37)17(36)19(11(5-29)46-23)49-50(41,42)43/h9-23,28-29,32-38H,3-6H2,1-2H3,(H,26,30)(H,27,31)(H,39,40)(H,41,42,43)/t9-,10+,11+,12+,13+,14+,15+,16-,17+,18+,19-,20+,21+,22-,23-,25+/m0/s1. The molecular formula is C25H42N2O22S. The molecular weight excluding hydrogens is 712 g/mol. The second-order valence-corrected chi connectivity index (χ2v) is 12.8. The molecule has 0 aromatic carbocycles. The summed E-state index contributed by atoms with van der Waals surface area (Å²) in [5.41, 5.74) is 0. The molecule has 3 rings (SSSR count). The highest BCUT2D eigenvalue weighted by atomic mass is 32.3. The summed E-state index contributed by atoms with van der Waals surface area (Å²) in [5.74, 6) is -6.40. The van der Waals surface area contributed by atoms with Gasteiger partial charge in [-0.15, -0.1) is 0 Å². The minimum atomic E-state index is -5.24. The van der Waals surface area contributed by atoms with Crippen molar-refractivity contribution in [2.24, 2.45) is 0 Å². The number of aliphatic hydroxyl groups excluding tert-OH is 9. The van der Waals surface area contributed by atoms with Crippen molar-refractivity contribution < 1.29 is 106 Å². The number of carbonyl (C=O) groups is 3. The molecule has 0 aromatic rings. The van der Waals surface area contributed by atoms with Gasteiger partial charge in [0.15, 0.2) is 12.6 Å². The Morgan fingerprint density at radius 1 is 0.900 bits per heavy atom. The lowest BCUT2D eigenvalue weighted by Gasteiger charge is -2.48. The van der Waals surface area contributed by atoms with E-state index >= 15 is 0 Å². The van der Waals surface area contributed by atoms with Crippen molar-refractivity contribution in [1.29, 1.82) is 0 Å². The van der Waals surface area contributed by atoms with Crippen LogP contribution in [0.5, 0.6) is 0 Å². The lowest BCUT2D eigenvalue weighted by Crippen LogP contribution is -2.69. The van der Waals surface area contributed by atoms with Gasteiger partial charge in [0.05, 0.1) is 32.0 Å². The van der Waals surface area contributed by atoms with Gasteiger partial charge in [0.25, 0.3) is 5.79 Å². The van der Waals surface area contributed by atoms with E-state index in [4.69, 9.17) is 28.2 Å². The minimum Gasteiger partial charge on any atom is -0.477 e. The topological polar surface area (TPSA) is 387 Å². The van der Waals surface area contributed by atoms with Crippen LogP contribution < -0.4 is 10.6 Å². The predicted octanol–water partition coefficient (Wildman–Crippen LogP) is -8.25. The van der Waals surface area contributed by atoms with Gasteiger partial charge in [0.2, 0.25) is 11.8 Å². The van der Waals surface area contributed by atoms with Crippen LogP contribution in [0.4, 0.5) is 0 Å². The van der Waals surface area contributed by atoms with Gasteiger partial charge in [-0.05, 0) is 0 Å². The summed E-state index contributed by atoms with van der Waals surface area (Å²) < 4.78 is 62.9. The van der Waals surface area contributed by atoms with Gasteiger partial charge in [0.1, 0.15) is 67.1 Å². The molecule has 0 bridgehead atoms. The number of hydrogen-bond donors (Lipinski definition) is 13. The third-order valence-electron chi connectivity index (χ3n) is 8.07. The zero-order chi connectivity index (χ0) is 37.9. The first-order valence-electron chi connectivity index (χ1n) is 14.9. The number of aliphatic hydroxyl groups is 9. The monoisotopic (exact) mass is 754 g/mol. The number of carbonyl (C=O) groups excluding carboxylic acids is 2. The zero-order valence-corrected chi connectivity index (χ0v) is 27.1. The van der Waals surface area contributed by atoms with E-state index in [9.17, 15) is 73.9 Å². The van der Waals surface area contributed by atoms with E-state index in [0.29, 0.717) is 0 Å². The highest BCUT2D eigenvalue weighted by molar-refractivity contribution is 7.80. The quantitative estimate of drug-likeness (QED) is 0.0732. The van der Waals surface area contributed by atoms with Crippen LogP contribution in [-0.4, -0.2) is 199 Å². The summed E-state index contributed by atoms with van der Waals surface area (Å²) in [5, 5.41) is 108. The highest BCUT2D eigenvalue weighted by Crippen LogP contribution is 2.35. The molecule has 50 heavy (non-hydrogen) atoms. The van der Waals surface area contributed by atoms with Gasteiger partial charge in [-0.2, -0.15) is 8.42 Å². The molecule has 25 heteroatoms. The highest BCUT2D eigenvalue weighted by Gasteiger charge is 2.57. The Morgan fingerprint density at radius 2 is 1.50 bits per heavy atom. The minimum absolute atomic E-state index is 0.754. The number of carboxylic acid groups (broad SMARTS) is 1. The Morgan fingerprint density at radius 3 is 2.02 bits per heavy atom. The normalized spacial score (nSPS) is 40.8. The molecule has 0 aromatic heterocycles. The summed E-state index contributed by atoms with van der Waals surface area (Å²) in [6, 6.07) is -3.22. The molecule has 3 aliphatic heterocycles. The first-order chi connectivity index (χ1) is 23.2. The molecule has 290 valence electrons. The SMILES string of the molecule is CC(=O)N[C@@H]1[C@@H](O[C@@H]2O[C@H](CO)[C@H](OS(=O)(=O)O)[C@H](O)[C@H]2O)[C@@H](O)[C@@H](CO[C@]2(C(=O)O)C[C@H](O)[C@@H](NC(C)=O)[C@H]([C@H](O)[C@H](O)CO)O2)O[C@@H]1O. The first kappa shape index (κ1) is 42.1. The number of rotatable bonds is 14. The lowest BCUT2D eigenvalue weighted by atomic mass is 9.88. The molecule has 24 nitrogen and oxygen atoms in total. The molecule has 3 heterocycles. The van der Waals surface area contributed by atoms with Gasteiger partial charge >= 0.3 is 16.4 Å². The molecule has 16 atom stereocenters. The molecule has 0 spiro atoms. The Balaban J connectivity index is 1.89. The number of hydrogen-bond acceptors (Lipinski definition) is 20. The van der Waals surface area contributed by atoms with Crippen LogP contribution in [-0.2, 0) is 52.7 Å². The maximum absolute atomic E-state index is 12.5. The van der Waals surface area contributed by atoms with Crippen LogP contribution in [0, 0.1) is 0 Å². The number of amides is 2. The molecule has 0 aliphatic carbocycles. The Labute approximate surface area is 283 Å². The average Bonchev–Trinajstić information content (AvgIpc) is 3.02. The molecule has 3 aliphatic rings. The first-order valence-corrected chi connectivity index (χ1v) is 16.2. The van der Waals surface area contributed by atoms with Crippen molar-refractivity contribution in [2.45, 2.75) is 118 Å². The van der Waals surface area contributed by atoms with Crippen molar-refractivity contribution in [3.8, 4) is 0 Å². The largest absolute Gasteiger partial charge is 0.477 e. The van der Waals surface area contributed by atoms with Crippen LogP contribution in [0.2, 0.25) is 0 Å². The van der Waals surface area contributed by atoms with Gasteiger partial charge < -0.3 is 85.4 Å². The average molecular weight is 755 g/mol. The van der Waals surface area contributed by atoms with E-state index in [0.717, 1.165) is 13.8 Å². The molecule has 2 amide bonds. The van der Waals surface area contributed by atoms with Crippen LogP contribution in [0.25, 0.3) is 0 Å². The van der Waals surface area contributed by atoms with E-state index < -0.39 is 152 Å². The fourth-order valence-electron chi connectivity index (χ4n) is 5.69. The van der Waals surface area contributed by atoms with Crippen molar-refractivity contribution in [2.75, 3.05) is 19.8 Å². The van der Waals surface area contributed by atoms with E-state index in [-0.39, 0.29) is 0 Å². The summed E-state index contributed by atoms with van der Waals surface area (Å²) in [6.07, 6.45) is -27.0. The van der Waals surface area contributed by atoms with Crippen LogP contribution in [0.15, 0.2) is 0 Å². The summed E-state index contributed by atoms with van der Waals surface area (Å²) >= 11 is 0. The number of carboxylic acids is 1. The summed E-state index contributed by atoms with van der Waals surface area (Å²) in [4.78, 5) is 36.2. The van der Waals surface area contributed by atoms with Gasteiger partial charge in [-0.1, -0.05) is 0 Å². The summed E-state index contributed by atoms with van der Waals surface area (Å²) in [7, 11) is -5.24. The van der Waals surface area contributed by atoms with Gasteiger partial charge in [0, 0.05) is 20.3 Å². The van der Waals surface area contributed by atoms with Crippen molar-refractivity contribution in [1.82, 2.24) is 10.6 Å². The van der Waals surface area contributed by atoms with Gasteiger partial charge in [-0.3, -0.25) is 14.1 Å². The fraction of sp³-hybridized carbons (Fsp3) is 0.880. The Bertz CT molecular complexity index is 1290. The van der Waals surface area contributed by atoms with Gasteiger partial charge in [-0.25, -0.2) is 8.98 Å². The lowest BCUT2D eigenvalue weighted by molar-refractivity contribution is -0.350. The fourth-order valence-corrected chi connectivity index (χ4v) is 6.21. The van der Waals surface area contributed by atoms with E-state index in [1.165, 1.54) is 0 Å². The van der Waals surface area contributed by atoms with E-state index in [1.54, 1.807) is 0 Å². The molecule has 0 saturated carbocycles. The van der Waals surface area contributed by atoms with E-state index in [2.05, 4.69) is 14.8 Å². The molecule has 13 N–H and O–H groups in total.